The number of urea groups is 1. The van der Waals surface area contributed by atoms with E-state index in [1.54, 1.807) is 58.0 Å². The van der Waals surface area contributed by atoms with Gasteiger partial charge >= 0.3 is 12.2 Å². The van der Waals surface area contributed by atoms with Crippen LogP contribution in [0.15, 0.2) is 23.2 Å². The predicted molar refractivity (Wildman–Crippen MR) is 139 cm³/mol. The molecule has 1 aliphatic carbocycles. The first-order valence-electron chi connectivity index (χ1n) is 12.3. The van der Waals surface area contributed by atoms with Gasteiger partial charge in [-0.2, -0.15) is 0 Å². The van der Waals surface area contributed by atoms with Gasteiger partial charge in [-0.15, -0.1) is 0 Å². The fourth-order valence-corrected chi connectivity index (χ4v) is 5.17. The van der Waals surface area contributed by atoms with Gasteiger partial charge in [-0.25, -0.2) is 14.6 Å². The molecule has 4 atom stereocenters. The first-order valence-corrected chi connectivity index (χ1v) is 13.1. The number of carbonyl (C=O) groups excluding carboxylic acids is 3. The van der Waals surface area contributed by atoms with Crippen molar-refractivity contribution in [1.29, 1.82) is 0 Å². The van der Waals surface area contributed by atoms with E-state index in [0.717, 1.165) is 19.3 Å². The number of guanidine groups is 1. The fourth-order valence-electron chi connectivity index (χ4n) is 4.85. The normalized spacial score (nSPS) is 26.1. The van der Waals surface area contributed by atoms with Crippen molar-refractivity contribution in [2.24, 2.45) is 4.99 Å². The highest BCUT2D eigenvalue weighted by Gasteiger charge is 2.51. The number of imide groups is 1. The summed E-state index contributed by atoms with van der Waals surface area (Å²) >= 11 is 12.1. The second-order valence-corrected chi connectivity index (χ2v) is 11.5. The third-order valence-corrected chi connectivity index (χ3v) is 7.41. The molecule has 10 nitrogen and oxygen atoms in total. The zero-order valence-corrected chi connectivity index (χ0v) is 23.2. The number of fused-ring (bicyclic) bond motifs is 1. The minimum absolute atomic E-state index is 0.00837. The summed E-state index contributed by atoms with van der Waals surface area (Å²) in [4.78, 5) is 47.8. The third kappa shape index (κ3) is 6.06. The molecule has 0 spiro atoms. The van der Waals surface area contributed by atoms with E-state index >= 15 is 0 Å². The first-order chi connectivity index (χ1) is 17.3. The van der Waals surface area contributed by atoms with Crippen LogP contribution in [0.1, 0.15) is 52.0 Å². The van der Waals surface area contributed by atoms with Crippen molar-refractivity contribution in [2.45, 2.75) is 83.0 Å². The average Bonchev–Trinajstić information content (AvgIpc) is 3.12. The number of ether oxygens (including phenoxy) is 2. The van der Waals surface area contributed by atoms with Gasteiger partial charge in [0.1, 0.15) is 11.7 Å². The Morgan fingerprint density at radius 3 is 2.54 bits per heavy atom. The Morgan fingerprint density at radius 1 is 1.14 bits per heavy atom. The number of amides is 3. The van der Waals surface area contributed by atoms with Gasteiger partial charge in [-0.1, -0.05) is 29.3 Å². The predicted octanol–water partition coefficient (Wildman–Crippen LogP) is 4.24. The lowest BCUT2D eigenvalue weighted by Crippen LogP contribution is -2.64. The van der Waals surface area contributed by atoms with E-state index in [9.17, 15) is 14.4 Å². The summed E-state index contributed by atoms with van der Waals surface area (Å²) in [6, 6.07) is 3.93. The number of carbonyl (C=O) groups is 3. The lowest BCUT2D eigenvalue weighted by Gasteiger charge is -2.40. The van der Waals surface area contributed by atoms with Crippen molar-refractivity contribution in [3.8, 4) is 0 Å². The molecule has 37 heavy (non-hydrogen) atoms. The Balaban J connectivity index is 1.41. The molecule has 3 amide bonds. The minimum atomic E-state index is -0.674. The third-order valence-electron chi connectivity index (χ3n) is 6.67. The van der Waals surface area contributed by atoms with E-state index in [-0.39, 0.29) is 24.6 Å². The monoisotopic (exact) mass is 553 g/mol. The van der Waals surface area contributed by atoms with E-state index in [1.165, 1.54) is 9.80 Å². The van der Waals surface area contributed by atoms with Crippen LogP contribution >= 0.6 is 23.2 Å². The fraction of sp³-hybridized carbons (Fsp3) is 0.600. The van der Waals surface area contributed by atoms with Crippen LogP contribution in [0.2, 0.25) is 10.0 Å². The number of hydrogen-bond donors (Lipinski definition) is 1. The molecule has 0 radical (unpaired) electrons. The molecule has 1 saturated heterocycles. The Hall–Kier alpha value is -2.72. The summed E-state index contributed by atoms with van der Waals surface area (Å²) in [5.74, 6) is 0.194. The van der Waals surface area contributed by atoms with Crippen molar-refractivity contribution in [3.05, 3.63) is 33.8 Å². The van der Waals surface area contributed by atoms with Crippen LogP contribution in [0.3, 0.4) is 0 Å². The Morgan fingerprint density at radius 2 is 1.86 bits per heavy atom. The maximum atomic E-state index is 13.5. The summed E-state index contributed by atoms with van der Waals surface area (Å²) in [6.45, 7) is 5.45. The van der Waals surface area contributed by atoms with Crippen LogP contribution in [0.5, 0.6) is 0 Å². The molecule has 1 saturated carbocycles. The molecule has 1 aromatic rings. The topological polar surface area (TPSA) is 104 Å². The molecule has 3 aliphatic rings. The van der Waals surface area contributed by atoms with Crippen molar-refractivity contribution < 1.29 is 23.9 Å². The largest absolute Gasteiger partial charge is 0.509 e. The van der Waals surface area contributed by atoms with Crippen molar-refractivity contribution in [1.82, 2.24) is 20.0 Å². The highest BCUT2D eigenvalue weighted by atomic mass is 35.5. The van der Waals surface area contributed by atoms with Gasteiger partial charge in [0.25, 0.3) is 5.91 Å². The zero-order valence-electron chi connectivity index (χ0n) is 21.7. The molecule has 0 bridgehead atoms. The molecule has 1 aromatic carbocycles. The molecule has 2 fully saturated rings. The lowest BCUT2D eigenvalue weighted by molar-refractivity contribution is -0.137. The highest BCUT2D eigenvalue weighted by Crippen LogP contribution is 2.30. The molecule has 1 N–H and O–H groups in total. The summed E-state index contributed by atoms with van der Waals surface area (Å²) in [7, 11) is 3.42. The highest BCUT2D eigenvalue weighted by molar-refractivity contribution is 6.42. The maximum absolute atomic E-state index is 13.5. The van der Waals surface area contributed by atoms with Gasteiger partial charge in [0.2, 0.25) is 0 Å². The Labute approximate surface area is 226 Å². The molecular formula is C25H33Cl2N5O5. The molecule has 4 unspecified atom stereocenters. The SMILES string of the molecule is CN1C(=O)N(Cc2ccc(Cl)c(Cl)c2)C(=O)C2C1N=C(NC1CCCC(OC(=O)OC(C)(C)C)C1)N2C. The van der Waals surface area contributed by atoms with E-state index in [2.05, 4.69) is 10.3 Å². The van der Waals surface area contributed by atoms with E-state index in [1.807, 2.05) is 0 Å². The van der Waals surface area contributed by atoms with Crippen molar-refractivity contribution in [3.63, 3.8) is 0 Å². The quantitative estimate of drug-likeness (QED) is 0.556. The maximum Gasteiger partial charge on any atom is 0.509 e. The lowest BCUT2D eigenvalue weighted by atomic mass is 9.93. The number of halogens is 2. The summed E-state index contributed by atoms with van der Waals surface area (Å²) in [6.07, 6.45) is 1.48. The van der Waals surface area contributed by atoms with Crippen molar-refractivity contribution in [2.75, 3.05) is 14.1 Å². The second-order valence-electron chi connectivity index (χ2n) is 10.7. The molecule has 2 aliphatic heterocycles. The molecule has 0 aromatic heterocycles. The van der Waals surface area contributed by atoms with E-state index < -0.39 is 30.0 Å². The van der Waals surface area contributed by atoms with E-state index in [4.69, 9.17) is 32.7 Å². The molecule has 4 rings (SSSR count). The number of aliphatic imine (C=N–C) groups is 1. The van der Waals surface area contributed by atoms with Gasteiger partial charge < -0.3 is 24.6 Å². The van der Waals surface area contributed by atoms with Crippen molar-refractivity contribution >= 4 is 47.3 Å². The molecule has 202 valence electrons. The van der Waals surface area contributed by atoms with Gasteiger partial charge in [0, 0.05) is 26.6 Å². The number of nitrogens with zero attached hydrogens (tertiary/aromatic N) is 4. The number of rotatable bonds is 4. The number of likely N-dealkylation sites (N-methyl/N-ethyl adjacent to an activating group) is 2. The zero-order chi connectivity index (χ0) is 27.1. The van der Waals surface area contributed by atoms with E-state index in [0.29, 0.717) is 28.0 Å². The van der Waals surface area contributed by atoms with Crippen LogP contribution in [-0.2, 0) is 20.8 Å². The van der Waals surface area contributed by atoms with Gasteiger partial charge in [0.15, 0.2) is 18.2 Å². The van der Waals surface area contributed by atoms with Crippen LogP contribution in [0.4, 0.5) is 9.59 Å². The summed E-state index contributed by atoms with van der Waals surface area (Å²) < 4.78 is 10.8. The number of benzene rings is 1. The minimum Gasteiger partial charge on any atom is -0.431 e. The standard InChI is InChI=1S/C25H33Cl2N5O5/c1-25(2,3)37-24(35)36-16-8-6-7-15(12-16)28-22-29-20-19(30(22)4)21(33)32(23(34)31(20)5)13-14-9-10-17(26)18(27)11-14/h9-11,15-16,19-20H,6-8,12-13H2,1-5H3,(H,28,29). The van der Waals surface area contributed by atoms with Crippen LogP contribution in [0, 0.1) is 0 Å². The van der Waals surface area contributed by atoms with Gasteiger partial charge in [-0.05, 0) is 57.7 Å². The number of nitrogens with one attached hydrogen (secondary N) is 1. The van der Waals surface area contributed by atoms with Crippen LogP contribution < -0.4 is 5.32 Å². The first kappa shape index (κ1) is 27.3. The van der Waals surface area contributed by atoms with Crippen LogP contribution in [0.25, 0.3) is 0 Å². The summed E-state index contributed by atoms with van der Waals surface area (Å²) in [5.41, 5.74) is 0.0751. The van der Waals surface area contributed by atoms with Gasteiger partial charge in [-0.3, -0.25) is 9.69 Å². The number of hydrogen-bond acceptors (Lipinski definition) is 8. The molecule has 12 heteroatoms. The van der Waals surface area contributed by atoms with Crippen LogP contribution in [-0.4, -0.2) is 82.8 Å². The second kappa shape index (κ2) is 10.6. The smallest absolute Gasteiger partial charge is 0.431 e. The van der Waals surface area contributed by atoms with Gasteiger partial charge in [0.05, 0.1) is 16.6 Å². The average molecular weight is 554 g/mol. The molecule has 2 heterocycles. The molecular weight excluding hydrogens is 521 g/mol. The Bertz CT molecular complexity index is 1110. The summed E-state index contributed by atoms with van der Waals surface area (Å²) in [5, 5.41) is 4.17. The Kier molecular flexibility index (Phi) is 7.80.